The van der Waals surface area contributed by atoms with Crippen molar-refractivity contribution in [3.63, 3.8) is 0 Å². The summed E-state index contributed by atoms with van der Waals surface area (Å²) in [5.41, 5.74) is 3.48. The number of nitrogens with one attached hydrogen (secondary N) is 1. The quantitative estimate of drug-likeness (QED) is 0.476. The minimum absolute atomic E-state index is 0.121. The van der Waals surface area contributed by atoms with Crippen LogP contribution in [-0.4, -0.2) is 28.2 Å². The van der Waals surface area contributed by atoms with Crippen molar-refractivity contribution < 1.29 is 14.6 Å². The molecule has 4 aromatic rings. The highest BCUT2D eigenvalue weighted by Gasteiger charge is 2.23. The van der Waals surface area contributed by atoms with Gasteiger partial charge in [-0.15, -0.1) is 0 Å². The van der Waals surface area contributed by atoms with E-state index in [1.54, 1.807) is 24.5 Å². The van der Waals surface area contributed by atoms with Crippen LogP contribution in [0.1, 0.15) is 33.1 Å². The van der Waals surface area contributed by atoms with E-state index >= 15 is 0 Å². The lowest BCUT2D eigenvalue weighted by molar-refractivity contribution is 0.0600. The molecule has 2 aromatic heterocycles. The smallest absolute Gasteiger partial charge is 0.337 e. The van der Waals surface area contributed by atoms with Gasteiger partial charge in [-0.3, -0.25) is 4.98 Å². The maximum Gasteiger partial charge on any atom is 0.337 e. The van der Waals surface area contributed by atoms with E-state index in [0.29, 0.717) is 22.5 Å². The summed E-state index contributed by atoms with van der Waals surface area (Å²) in [5.74, 6) is 0.389. The summed E-state index contributed by atoms with van der Waals surface area (Å²) in [6, 6.07) is 18.1. The SMILES string of the molecule is COC(=O)c1ccc(C(Nc2ccccn2)c2c(C)cc3cccnc3c2O)cc1. The highest BCUT2D eigenvalue weighted by molar-refractivity contribution is 5.89. The molecule has 0 fully saturated rings. The van der Waals surface area contributed by atoms with Gasteiger partial charge in [-0.2, -0.15) is 0 Å². The molecule has 0 spiro atoms. The third kappa shape index (κ3) is 3.67. The third-order valence-corrected chi connectivity index (χ3v) is 5.03. The zero-order valence-corrected chi connectivity index (χ0v) is 16.7. The molecule has 6 heteroatoms. The fraction of sp³-hybridized carbons (Fsp3) is 0.125. The summed E-state index contributed by atoms with van der Waals surface area (Å²) in [4.78, 5) is 20.5. The van der Waals surface area contributed by atoms with Crippen molar-refractivity contribution in [1.82, 2.24) is 9.97 Å². The number of phenols is 1. The summed E-state index contributed by atoms with van der Waals surface area (Å²) < 4.78 is 4.79. The largest absolute Gasteiger partial charge is 0.505 e. The number of fused-ring (bicyclic) bond motifs is 1. The van der Waals surface area contributed by atoms with Crippen molar-refractivity contribution in [2.24, 2.45) is 0 Å². The fourth-order valence-corrected chi connectivity index (χ4v) is 3.57. The van der Waals surface area contributed by atoms with Crippen LogP contribution in [0, 0.1) is 6.92 Å². The molecule has 0 amide bonds. The molecule has 0 bridgehead atoms. The van der Waals surface area contributed by atoms with Crippen LogP contribution in [0.25, 0.3) is 10.9 Å². The van der Waals surface area contributed by atoms with E-state index in [-0.39, 0.29) is 5.75 Å². The number of pyridine rings is 2. The van der Waals surface area contributed by atoms with Crippen LogP contribution in [0.15, 0.2) is 73.1 Å². The Balaban J connectivity index is 1.86. The summed E-state index contributed by atoms with van der Waals surface area (Å²) >= 11 is 0. The number of esters is 1. The molecule has 2 N–H and O–H groups in total. The second-order valence-electron chi connectivity index (χ2n) is 6.94. The van der Waals surface area contributed by atoms with Crippen molar-refractivity contribution in [3.8, 4) is 5.75 Å². The van der Waals surface area contributed by atoms with Crippen molar-refractivity contribution in [3.05, 3.63) is 95.3 Å². The molecule has 0 saturated heterocycles. The van der Waals surface area contributed by atoms with E-state index in [9.17, 15) is 9.90 Å². The standard InChI is InChI=1S/C24H21N3O3/c1-15-14-18-6-5-13-26-22(18)23(28)20(15)21(27-19-7-3-4-12-25-19)16-8-10-17(11-9-16)24(29)30-2/h3-14,21,28H,1-2H3,(H,25,27). The lowest BCUT2D eigenvalue weighted by Gasteiger charge is -2.24. The molecule has 1 unspecified atom stereocenters. The molecule has 2 aromatic carbocycles. The molecule has 2 heterocycles. The second kappa shape index (κ2) is 8.21. The van der Waals surface area contributed by atoms with Gasteiger partial charge in [-0.25, -0.2) is 9.78 Å². The topological polar surface area (TPSA) is 84.3 Å². The van der Waals surface area contributed by atoms with Crippen LogP contribution in [0.2, 0.25) is 0 Å². The number of ether oxygens (including phenoxy) is 1. The molecule has 4 rings (SSSR count). The number of rotatable bonds is 5. The van der Waals surface area contributed by atoms with Gasteiger partial charge < -0.3 is 15.2 Å². The predicted molar refractivity (Wildman–Crippen MR) is 116 cm³/mol. The number of hydrogen-bond donors (Lipinski definition) is 2. The zero-order chi connectivity index (χ0) is 21.1. The number of aromatic nitrogens is 2. The van der Waals surface area contributed by atoms with E-state index in [1.807, 2.05) is 55.5 Å². The number of phenolic OH excluding ortho intramolecular Hbond substituents is 1. The van der Waals surface area contributed by atoms with Crippen molar-refractivity contribution in [2.75, 3.05) is 12.4 Å². The van der Waals surface area contributed by atoms with Crippen LogP contribution in [0.5, 0.6) is 5.75 Å². The number of benzene rings is 2. The number of nitrogens with zero attached hydrogens (tertiary/aromatic N) is 2. The van der Waals surface area contributed by atoms with Crippen LogP contribution in [0.3, 0.4) is 0 Å². The van der Waals surface area contributed by atoms with Gasteiger partial charge in [0, 0.05) is 23.3 Å². The predicted octanol–water partition coefficient (Wildman–Crippen LogP) is 4.63. The van der Waals surface area contributed by atoms with E-state index in [0.717, 1.165) is 16.5 Å². The van der Waals surface area contributed by atoms with Gasteiger partial charge in [0.15, 0.2) is 0 Å². The molecule has 0 saturated carbocycles. The number of methoxy groups -OCH3 is 1. The lowest BCUT2D eigenvalue weighted by atomic mass is 9.91. The van der Waals surface area contributed by atoms with E-state index in [1.165, 1.54) is 7.11 Å². The first-order valence-corrected chi connectivity index (χ1v) is 9.51. The number of aryl methyl sites for hydroxylation is 1. The van der Waals surface area contributed by atoms with Crippen LogP contribution < -0.4 is 5.32 Å². The number of carbonyl (C=O) groups excluding carboxylic acids is 1. The molecule has 0 radical (unpaired) electrons. The van der Waals surface area contributed by atoms with Gasteiger partial charge in [0.2, 0.25) is 0 Å². The van der Waals surface area contributed by atoms with Gasteiger partial charge in [0.25, 0.3) is 0 Å². The highest BCUT2D eigenvalue weighted by atomic mass is 16.5. The summed E-state index contributed by atoms with van der Waals surface area (Å²) in [6.45, 7) is 1.96. The zero-order valence-electron chi connectivity index (χ0n) is 16.7. The summed E-state index contributed by atoms with van der Waals surface area (Å²) in [7, 11) is 1.35. The van der Waals surface area contributed by atoms with Gasteiger partial charge in [-0.05, 0) is 54.4 Å². The Morgan fingerprint density at radius 3 is 2.50 bits per heavy atom. The molecule has 6 nitrogen and oxygen atoms in total. The van der Waals surface area contributed by atoms with E-state index in [4.69, 9.17) is 4.74 Å². The average molecular weight is 399 g/mol. The number of hydrogen-bond acceptors (Lipinski definition) is 6. The molecule has 0 aliphatic rings. The average Bonchev–Trinajstić information content (AvgIpc) is 2.78. The Morgan fingerprint density at radius 1 is 1.03 bits per heavy atom. The van der Waals surface area contributed by atoms with Gasteiger partial charge >= 0.3 is 5.97 Å². The fourth-order valence-electron chi connectivity index (χ4n) is 3.57. The normalized spacial score (nSPS) is 11.8. The Bertz CT molecular complexity index is 1190. The first-order valence-electron chi connectivity index (χ1n) is 9.51. The molecular formula is C24H21N3O3. The third-order valence-electron chi connectivity index (χ3n) is 5.03. The summed E-state index contributed by atoms with van der Waals surface area (Å²) in [5, 5.41) is 15.4. The van der Waals surface area contributed by atoms with Crippen LogP contribution in [-0.2, 0) is 4.74 Å². The minimum Gasteiger partial charge on any atom is -0.505 e. The molecular weight excluding hydrogens is 378 g/mol. The first-order chi connectivity index (χ1) is 14.6. The van der Waals surface area contributed by atoms with Crippen LogP contribution >= 0.6 is 0 Å². The Labute approximate surface area is 174 Å². The number of anilines is 1. The summed E-state index contributed by atoms with van der Waals surface area (Å²) in [6.07, 6.45) is 3.36. The van der Waals surface area contributed by atoms with Crippen LogP contribution in [0.4, 0.5) is 5.82 Å². The van der Waals surface area contributed by atoms with Crippen molar-refractivity contribution >= 4 is 22.7 Å². The molecule has 1 atom stereocenters. The molecule has 0 aliphatic carbocycles. The Kier molecular flexibility index (Phi) is 5.30. The minimum atomic E-state index is -0.405. The maximum atomic E-state index is 11.8. The first kappa shape index (κ1) is 19.4. The van der Waals surface area contributed by atoms with E-state index < -0.39 is 12.0 Å². The monoisotopic (exact) mass is 399 g/mol. The van der Waals surface area contributed by atoms with E-state index in [2.05, 4.69) is 15.3 Å². The van der Waals surface area contributed by atoms with Gasteiger partial charge in [-0.1, -0.05) is 24.3 Å². The second-order valence-corrected chi connectivity index (χ2v) is 6.94. The number of aromatic hydroxyl groups is 1. The number of carbonyl (C=O) groups is 1. The molecule has 30 heavy (non-hydrogen) atoms. The molecule has 0 aliphatic heterocycles. The molecule has 150 valence electrons. The van der Waals surface area contributed by atoms with Crippen molar-refractivity contribution in [1.29, 1.82) is 0 Å². The van der Waals surface area contributed by atoms with Gasteiger partial charge in [0.05, 0.1) is 18.7 Å². The highest BCUT2D eigenvalue weighted by Crippen LogP contribution is 2.38. The van der Waals surface area contributed by atoms with Crippen molar-refractivity contribution in [2.45, 2.75) is 13.0 Å². The maximum absolute atomic E-state index is 11.8. The van der Waals surface area contributed by atoms with Gasteiger partial charge in [0.1, 0.15) is 17.1 Å². The Hall–Kier alpha value is -3.93. The Morgan fingerprint density at radius 2 is 1.80 bits per heavy atom. The lowest BCUT2D eigenvalue weighted by Crippen LogP contribution is -2.15.